The zero-order valence-corrected chi connectivity index (χ0v) is 12.6. The summed E-state index contributed by atoms with van der Waals surface area (Å²) in [5, 5.41) is 12.3. The first kappa shape index (κ1) is 14.6. The molecule has 0 radical (unpaired) electrons. The van der Waals surface area contributed by atoms with Crippen molar-refractivity contribution in [3.05, 3.63) is 65.2 Å². The quantitative estimate of drug-likeness (QED) is 0.838. The number of hydrogen-bond donors (Lipinski definition) is 1. The highest BCUT2D eigenvalue weighted by Gasteiger charge is 2.05. The Morgan fingerprint density at radius 3 is 2.75 bits per heavy atom. The zero-order valence-electron chi connectivity index (χ0n) is 11.8. The van der Waals surface area contributed by atoms with Gasteiger partial charge >= 0.3 is 0 Å². The summed E-state index contributed by atoms with van der Waals surface area (Å²) in [6, 6.07) is 18.9. The van der Waals surface area contributed by atoms with Gasteiger partial charge in [-0.2, -0.15) is 5.26 Å². The highest BCUT2D eigenvalue weighted by molar-refractivity contribution is 7.98. The van der Waals surface area contributed by atoms with E-state index in [9.17, 15) is 0 Å². The highest BCUT2D eigenvalue weighted by Crippen LogP contribution is 2.26. The first-order valence-corrected chi connectivity index (χ1v) is 7.61. The van der Waals surface area contributed by atoms with Crippen molar-refractivity contribution < 1.29 is 0 Å². The van der Waals surface area contributed by atoms with Crippen LogP contribution in [-0.4, -0.2) is 7.05 Å². The molecular weight excluding hydrogens is 264 g/mol. The van der Waals surface area contributed by atoms with Gasteiger partial charge in [-0.05, 0) is 43.3 Å². The van der Waals surface area contributed by atoms with Crippen LogP contribution in [0.3, 0.4) is 0 Å². The lowest BCUT2D eigenvalue weighted by Crippen LogP contribution is -2.11. The largest absolute Gasteiger partial charge is 0.313 e. The van der Waals surface area contributed by atoms with E-state index >= 15 is 0 Å². The Balaban J connectivity index is 2.10. The van der Waals surface area contributed by atoms with Crippen molar-refractivity contribution in [1.29, 1.82) is 5.26 Å². The first-order chi connectivity index (χ1) is 9.74. The zero-order chi connectivity index (χ0) is 14.4. The molecule has 0 heterocycles. The molecule has 0 saturated carbocycles. The fraction of sp³-hybridized carbons (Fsp3) is 0.235. The molecule has 0 spiro atoms. The van der Waals surface area contributed by atoms with Gasteiger partial charge in [-0.3, -0.25) is 0 Å². The average molecular weight is 282 g/mol. The van der Waals surface area contributed by atoms with Crippen LogP contribution in [0, 0.1) is 11.3 Å². The summed E-state index contributed by atoms with van der Waals surface area (Å²) in [6.07, 6.45) is 0. The predicted octanol–water partition coefficient (Wildman–Crippen LogP) is 4.13. The summed E-state index contributed by atoms with van der Waals surface area (Å²) in [6.45, 7) is 2.15. The van der Waals surface area contributed by atoms with E-state index in [-0.39, 0.29) is 0 Å². The molecule has 2 rings (SSSR count). The summed E-state index contributed by atoms with van der Waals surface area (Å²) in [5.41, 5.74) is 3.14. The molecule has 0 aliphatic heterocycles. The van der Waals surface area contributed by atoms with Crippen LogP contribution in [0.4, 0.5) is 0 Å². The van der Waals surface area contributed by atoms with E-state index in [1.165, 1.54) is 10.5 Å². The highest BCUT2D eigenvalue weighted by atomic mass is 32.2. The molecule has 20 heavy (non-hydrogen) atoms. The minimum absolute atomic E-state index is 0.349. The fourth-order valence-corrected chi connectivity index (χ4v) is 2.92. The number of hydrogen-bond acceptors (Lipinski definition) is 3. The SMILES string of the molecule is CNC(C)c1cccc(SCc2ccccc2C#N)c1. The molecule has 0 amide bonds. The Morgan fingerprint density at radius 1 is 1.20 bits per heavy atom. The van der Waals surface area contributed by atoms with Crippen LogP contribution < -0.4 is 5.32 Å². The van der Waals surface area contributed by atoms with Crippen molar-refractivity contribution in [1.82, 2.24) is 5.32 Å². The molecule has 102 valence electrons. The normalized spacial score (nSPS) is 11.8. The van der Waals surface area contributed by atoms with Crippen molar-refractivity contribution in [2.24, 2.45) is 0 Å². The topological polar surface area (TPSA) is 35.8 Å². The molecule has 0 aliphatic rings. The molecular formula is C17H18N2S. The molecule has 0 saturated heterocycles. The molecule has 1 unspecified atom stereocenters. The summed E-state index contributed by atoms with van der Waals surface area (Å²) >= 11 is 1.77. The Labute approximate surface area is 124 Å². The molecule has 2 aromatic rings. The Kier molecular flexibility index (Phi) is 5.23. The minimum atomic E-state index is 0.349. The van der Waals surface area contributed by atoms with Crippen LogP contribution in [-0.2, 0) is 5.75 Å². The molecule has 3 heteroatoms. The van der Waals surface area contributed by atoms with E-state index in [0.717, 1.165) is 16.9 Å². The van der Waals surface area contributed by atoms with Crippen molar-refractivity contribution in [3.63, 3.8) is 0 Å². The van der Waals surface area contributed by atoms with Gasteiger partial charge in [-0.15, -0.1) is 11.8 Å². The lowest BCUT2D eigenvalue weighted by Gasteiger charge is -2.12. The third-order valence-electron chi connectivity index (χ3n) is 3.32. The fourth-order valence-electron chi connectivity index (χ4n) is 1.96. The Morgan fingerprint density at radius 2 is 2.00 bits per heavy atom. The van der Waals surface area contributed by atoms with Crippen LogP contribution >= 0.6 is 11.8 Å². The van der Waals surface area contributed by atoms with Gasteiger partial charge in [-0.1, -0.05) is 30.3 Å². The molecule has 0 fully saturated rings. The van der Waals surface area contributed by atoms with Gasteiger partial charge in [0.05, 0.1) is 11.6 Å². The van der Waals surface area contributed by atoms with Crippen molar-refractivity contribution in [2.75, 3.05) is 7.05 Å². The van der Waals surface area contributed by atoms with Gasteiger partial charge in [0.25, 0.3) is 0 Å². The molecule has 2 nitrogen and oxygen atoms in total. The average Bonchev–Trinajstić information content (AvgIpc) is 2.52. The van der Waals surface area contributed by atoms with Crippen molar-refractivity contribution in [3.8, 4) is 6.07 Å². The molecule has 1 N–H and O–H groups in total. The van der Waals surface area contributed by atoms with E-state index in [2.05, 4.69) is 42.6 Å². The predicted molar refractivity (Wildman–Crippen MR) is 84.6 cm³/mol. The van der Waals surface area contributed by atoms with Crippen LogP contribution in [0.15, 0.2) is 53.4 Å². The van der Waals surface area contributed by atoms with E-state index in [4.69, 9.17) is 5.26 Å². The second-order valence-corrected chi connectivity index (χ2v) is 5.69. The van der Waals surface area contributed by atoms with Crippen LogP contribution in [0.5, 0.6) is 0 Å². The third kappa shape index (κ3) is 3.63. The monoisotopic (exact) mass is 282 g/mol. The van der Waals surface area contributed by atoms with E-state index in [1.54, 1.807) is 11.8 Å². The molecule has 0 aliphatic carbocycles. The second kappa shape index (κ2) is 7.14. The van der Waals surface area contributed by atoms with Crippen molar-refractivity contribution in [2.45, 2.75) is 23.6 Å². The maximum atomic E-state index is 9.10. The number of rotatable bonds is 5. The third-order valence-corrected chi connectivity index (χ3v) is 4.37. The number of benzene rings is 2. The minimum Gasteiger partial charge on any atom is -0.313 e. The Hall–Kier alpha value is -1.76. The summed E-state index contributed by atoms with van der Waals surface area (Å²) < 4.78 is 0. The van der Waals surface area contributed by atoms with Gasteiger partial charge in [0.2, 0.25) is 0 Å². The number of nitrogens with zero attached hydrogens (tertiary/aromatic N) is 1. The second-order valence-electron chi connectivity index (χ2n) is 4.64. The molecule has 2 aromatic carbocycles. The maximum absolute atomic E-state index is 9.10. The maximum Gasteiger partial charge on any atom is 0.0994 e. The van der Waals surface area contributed by atoms with Gasteiger partial charge in [0, 0.05) is 16.7 Å². The standard InChI is InChI=1S/C17H18N2S/c1-13(19-2)14-8-5-9-17(10-14)20-12-16-7-4-3-6-15(16)11-18/h3-10,13,19H,12H2,1-2H3. The van der Waals surface area contributed by atoms with E-state index in [1.807, 2.05) is 31.3 Å². The van der Waals surface area contributed by atoms with Gasteiger partial charge in [0.1, 0.15) is 0 Å². The van der Waals surface area contributed by atoms with Gasteiger partial charge in [-0.25, -0.2) is 0 Å². The summed E-state index contributed by atoms with van der Waals surface area (Å²) in [4.78, 5) is 1.23. The van der Waals surface area contributed by atoms with E-state index in [0.29, 0.717) is 6.04 Å². The van der Waals surface area contributed by atoms with Gasteiger partial charge in [0.15, 0.2) is 0 Å². The van der Waals surface area contributed by atoms with E-state index < -0.39 is 0 Å². The Bertz CT molecular complexity index is 616. The summed E-state index contributed by atoms with van der Waals surface area (Å²) in [7, 11) is 1.97. The van der Waals surface area contributed by atoms with Crippen molar-refractivity contribution >= 4 is 11.8 Å². The molecule has 0 aromatic heterocycles. The number of thioether (sulfide) groups is 1. The first-order valence-electron chi connectivity index (χ1n) is 6.62. The van der Waals surface area contributed by atoms with Crippen LogP contribution in [0.1, 0.15) is 29.7 Å². The molecule has 0 bridgehead atoms. The van der Waals surface area contributed by atoms with Crippen LogP contribution in [0.25, 0.3) is 0 Å². The summed E-state index contributed by atoms with van der Waals surface area (Å²) in [5.74, 6) is 0.821. The van der Waals surface area contributed by atoms with Crippen LogP contribution in [0.2, 0.25) is 0 Å². The molecule has 1 atom stereocenters. The smallest absolute Gasteiger partial charge is 0.0994 e. The number of nitrogens with one attached hydrogen (secondary N) is 1. The van der Waals surface area contributed by atoms with Gasteiger partial charge < -0.3 is 5.32 Å². The lowest BCUT2D eigenvalue weighted by molar-refractivity contribution is 0.651. The number of nitriles is 1. The lowest BCUT2D eigenvalue weighted by atomic mass is 10.1.